The number of anilines is 1. The maximum Gasteiger partial charge on any atom is 0.264 e. The van der Waals surface area contributed by atoms with Crippen LogP contribution in [0.1, 0.15) is 34.8 Å². The second-order valence-electron chi connectivity index (χ2n) is 8.86. The molecule has 1 N–H and O–H groups in total. The monoisotopic (exact) mass is 528 g/mol. The molecule has 0 spiro atoms. The van der Waals surface area contributed by atoms with Gasteiger partial charge in [-0.15, -0.1) is 0 Å². The first kappa shape index (κ1) is 26.9. The van der Waals surface area contributed by atoms with Gasteiger partial charge < -0.3 is 10.1 Å². The zero-order chi connectivity index (χ0) is 26.8. The number of aryl methyl sites for hydroxylation is 1. The van der Waals surface area contributed by atoms with Gasteiger partial charge in [-0.3, -0.25) is 9.10 Å². The molecule has 0 aromatic heterocycles. The number of ether oxygens (including phenoxy) is 1. The van der Waals surface area contributed by atoms with Crippen molar-refractivity contribution in [2.24, 2.45) is 0 Å². The van der Waals surface area contributed by atoms with Crippen molar-refractivity contribution in [2.45, 2.75) is 31.2 Å². The molecule has 0 saturated heterocycles. The van der Waals surface area contributed by atoms with Gasteiger partial charge in [0.15, 0.2) is 0 Å². The minimum atomic E-state index is -3.78. The van der Waals surface area contributed by atoms with E-state index in [-0.39, 0.29) is 17.3 Å². The molecule has 0 aliphatic rings. The van der Waals surface area contributed by atoms with Crippen LogP contribution in [0.5, 0.6) is 5.75 Å². The van der Waals surface area contributed by atoms with E-state index in [0.717, 1.165) is 24.2 Å². The lowest BCUT2D eigenvalue weighted by atomic mass is 10.1. The van der Waals surface area contributed by atoms with Crippen LogP contribution < -0.4 is 14.4 Å². The summed E-state index contributed by atoms with van der Waals surface area (Å²) < 4.78 is 34.0. The van der Waals surface area contributed by atoms with Gasteiger partial charge in [-0.2, -0.15) is 0 Å². The lowest BCUT2D eigenvalue weighted by Crippen LogP contribution is -2.30. The highest BCUT2D eigenvalue weighted by molar-refractivity contribution is 7.92. The molecule has 4 aromatic carbocycles. The molecule has 0 saturated carbocycles. The van der Waals surface area contributed by atoms with Gasteiger partial charge in [0.25, 0.3) is 15.9 Å². The molecular weight excluding hydrogens is 496 g/mol. The van der Waals surface area contributed by atoms with Crippen molar-refractivity contribution in [3.8, 4) is 5.75 Å². The van der Waals surface area contributed by atoms with E-state index in [9.17, 15) is 13.2 Å². The van der Waals surface area contributed by atoms with E-state index in [2.05, 4.69) is 24.4 Å². The average Bonchev–Trinajstić information content (AvgIpc) is 2.96. The Morgan fingerprint density at radius 3 is 2.03 bits per heavy atom. The normalized spacial score (nSPS) is 11.1. The molecule has 196 valence electrons. The van der Waals surface area contributed by atoms with Crippen molar-refractivity contribution in [2.75, 3.05) is 17.5 Å². The number of nitrogens with zero attached hydrogens (tertiary/aromatic N) is 1. The topological polar surface area (TPSA) is 75.7 Å². The summed E-state index contributed by atoms with van der Waals surface area (Å²) in [5.41, 5.74) is 3.11. The van der Waals surface area contributed by atoms with Gasteiger partial charge in [0.2, 0.25) is 0 Å². The van der Waals surface area contributed by atoms with Crippen LogP contribution in [-0.4, -0.2) is 27.5 Å². The number of para-hydroxylation sites is 1. The smallest absolute Gasteiger partial charge is 0.264 e. The number of carbonyl (C=O) groups is 1. The molecule has 0 bridgehead atoms. The number of rotatable bonds is 12. The van der Waals surface area contributed by atoms with Gasteiger partial charge in [-0.1, -0.05) is 74.0 Å². The predicted molar refractivity (Wildman–Crippen MR) is 151 cm³/mol. The van der Waals surface area contributed by atoms with E-state index in [1.807, 2.05) is 30.3 Å². The molecule has 6 nitrogen and oxygen atoms in total. The fraction of sp³-hybridized carbons (Fsp3) is 0.194. The van der Waals surface area contributed by atoms with Crippen LogP contribution in [0.2, 0.25) is 0 Å². The zero-order valence-electron chi connectivity index (χ0n) is 21.4. The van der Waals surface area contributed by atoms with Crippen LogP contribution in [0.4, 0.5) is 5.69 Å². The van der Waals surface area contributed by atoms with Crippen molar-refractivity contribution in [3.05, 3.63) is 126 Å². The first-order chi connectivity index (χ1) is 18.5. The summed E-state index contributed by atoms with van der Waals surface area (Å²) in [4.78, 5) is 12.8. The average molecular weight is 529 g/mol. The fourth-order valence-electron chi connectivity index (χ4n) is 4.03. The van der Waals surface area contributed by atoms with E-state index in [1.165, 1.54) is 9.87 Å². The molecule has 4 aromatic rings. The Morgan fingerprint density at radius 2 is 1.39 bits per heavy atom. The Balaban J connectivity index is 1.36. The molecule has 0 aliphatic carbocycles. The van der Waals surface area contributed by atoms with Crippen LogP contribution in [0.15, 0.2) is 114 Å². The molecule has 0 radical (unpaired) electrons. The minimum Gasteiger partial charge on any atom is -0.492 e. The SMILES string of the molecule is CCCc1ccc(OCCNC(=O)c2ccc(CN(c3ccccc3)S(=O)(=O)c3ccccc3)cc2)cc1. The van der Waals surface area contributed by atoms with Gasteiger partial charge in [0.05, 0.1) is 23.7 Å². The Bertz CT molecular complexity index is 1410. The fourth-order valence-corrected chi connectivity index (χ4v) is 5.51. The molecule has 7 heteroatoms. The van der Waals surface area contributed by atoms with Crippen LogP contribution in [0.3, 0.4) is 0 Å². The highest BCUT2D eigenvalue weighted by Gasteiger charge is 2.25. The second kappa shape index (κ2) is 12.9. The lowest BCUT2D eigenvalue weighted by molar-refractivity contribution is 0.0947. The quantitative estimate of drug-likeness (QED) is 0.234. The number of hydrogen-bond acceptors (Lipinski definition) is 4. The van der Waals surface area contributed by atoms with E-state index >= 15 is 0 Å². The van der Waals surface area contributed by atoms with Crippen LogP contribution >= 0.6 is 0 Å². The molecule has 0 atom stereocenters. The third kappa shape index (κ3) is 7.01. The summed E-state index contributed by atoms with van der Waals surface area (Å²) in [6.45, 7) is 3.01. The van der Waals surface area contributed by atoms with Gasteiger partial charge in [0, 0.05) is 5.56 Å². The van der Waals surface area contributed by atoms with Crippen molar-refractivity contribution < 1.29 is 17.9 Å². The Hall–Kier alpha value is -4.10. The van der Waals surface area contributed by atoms with Crippen molar-refractivity contribution in [1.82, 2.24) is 5.32 Å². The van der Waals surface area contributed by atoms with Gasteiger partial charge in [-0.25, -0.2) is 8.42 Å². The van der Waals surface area contributed by atoms with Crippen LogP contribution in [-0.2, 0) is 23.0 Å². The first-order valence-electron chi connectivity index (χ1n) is 12.7. The Kier molecular flexibility index (Phi) is 9.16. The summed E-state index contributed by atoms with van der Waals surface area (Å²) in [5.74, 6) is 0.562. The lowest BCUT2D eigenvalue weighted by Gasteiger charge is -2.25. The van der Waals surface area contributed by atoms with E-state index < -0.39 is 10.0 Å². The highest BCUT2D eigenvalue weighted by atomic mass is 32.2. The Labute approximate surface area is 225 Å². The molecule has 0 aliphatic heterocycles. The summed E-state index contributed by atoms with van der Waals surface area (Å²) in [5, 5.41) is 2.86. The van der Waals surface area contributed by atoms with Gasteiger partial charge in [0.1, 0.15) is 12.4 Å². The summed E-state index contributed by atoms with van der Waals surface area (Å²) in [6, 6.07) is 32.3. The van der Waals surface area contributed by atoms with Crippen LogP contribution in [0, 0.1) is 0 Å². The summed E-state index contributed by atoms with van der Waals surface area (Å²) in [6.07, 6.45) is 2.15. The van der Waals surface area contributed by atoms with Gasteiger partial charge in [-0.05, 0) is 66.1 Å². The molecule has 0 fully saturated rings. The number of nitrogens with one attached hydrogen (secondary N) is 1. The third-order valence-corrected chi connectivity index (χ3v) is 7.82. The van der Waals surface area contributed by atoms with Crippen molar-refractivity contribution in [1.29, 1.82) is 0 Å². The number of sulfonamides is 1. The Morgan fingerprint density at radius 1 is 0.789 bits per heavy atom. The summed E-state index contributed by atoms with van der Waals surface area (Å²) >= 11 is 0. The number of benzene rings is 4. The van der Waals surface area contributed by atoms with E-state index in [0.29, 0.717) is 24.4 Å². The number of carbonyl (C=O) groups excluding carboxylic acids is 1. The highest BCUT2D eigenvalue weighted by Crippen LogP contribution is 2.26. The maximum absolute atomic E-state index is 13.5. The molecule has 4 rings (SSSR count). The first-order valence-corrected chi connectivity index (χ1v) is 14.1. The van der Waals surface area contributed by atoms with Crippen molar-refractivity contribution >= 4 is 21.6 Å². The van der Waals surface area contributed by atoms with Crippen LogP contribution in [0.25, 0.3) is 0 Å². The maximum atomic E-state index is 13.5. The van der Waals surface area contributed by atoms with Gasteiger partial charge >= 0.3 is 0 Å². The molecule has 38 heavy (non-hydrogen) atoms. The molecule has 0 heterocycles. The third-order valence-electron chi connectivity index (χ3n) is 6.04. The number of hydrogen-bond donors (Lipinski definition) is 1. The standard InChI is InChI=1S/C31H32N2O4S/c1-2-9-25-16-20-29(21-17-25)37-23-22-32-31(34)27-18-14-26(15-19-27)24-33(28-10-5-3-6-11-28)38(35,36)30-12-7-4-8-13-30/h3-8,10-21H,2,9,22-24H2,1H3,(H,32,34). The molecule has 0 unspecified atom stereocenters. The van der Waals surface area contributed by atoms with Crippen molar-refractivity contribution in [3.63, 3.8) is 0 Å². The minimum absolute atomic E-state index is 0.133. The summed E-state index contributed by atoms with van der Waals surface area (Å²) in [7, 11) is -3.78. The predicted octanol–water partition coefficient (Wildman–Crippen LogP) is 5.84. The molecule has 1 amide bonds. The largest absolute Gasteiger partial charge is 0.492 e. The second-order valence-corrected chi connectivity index (χ2v) is 10.7. The van der Waals surface area contributed by atoms with E-state index in [1.54, 1.807) is 66.7 Å². The number of amides is 1. The zero-order valence-corrected chi connectivity index (χ0v) is 22.2. The van der Waals surface area contributed by atoms with E-state index in [4.69, 9.17) is 4.74 Å². The molecular formula is C31H32N2O4S.